The third-order valence-electron chi connectivity index (χ3n) is 2.64. The number of H-pyrrole nitrogens is 1. The first-order valence-electron chi connectivity index (χ1n) is 5.65. The van der Waals surface area contributed by atoms with Crippen molar-refractivity contribution in [3.63, 3.8) is 0 Å². The van der Waals surface area contributed by atoms with Gasteiger partial charge in [-0.05, 0) is 13.8 Å². The van der Waals surface area contributed by atoms with Crippen LogP contribution in [0.15, 0.2) is 4.90 Å². The van der Waals surface area contributed by atoms with Crippen molar-refractivity contribution in [1.82, 2.24) is 14.5 Å². The second-order valence-electron chi connectivity index (χ2n) is 4.04. The first-order valence-corrected chi connectivity index (χ1v) is 7.09. The predicted octanol–water partition coefficient (Wildman–Crippen LogP) is 0.363. The summed E-state index contributed by atoms with van der Waals surface area (Å²) in [4.78, 5) is 0.216. The van der Waals surface area contributed by atoms with Gasteiger partial charge in [0.1, 0.15) is 4.90 Å². The lowest BCUT2D eigenvalue weighted by Gasteiger charge is -2.20. The van der Waals surface area contributed by atoms with Gasteiger partial charge in [-0.25, -0.2) is 8.42 Å². The fourth-order valence-corrected chi connectivity index (χ4v) is 3.52. The zero-order valence-corrected chi connectivity index (χ0v) is 11.6. The third-order valence-corrected chi connectivity index (χ3v) is 4.88. The average Bonchev–Trinajstić information content (AvgIpc) is 2.58. The molecule has 1 rings (SSSR count). The highest BCUT2D eigenvalue weighted by Gasteiger charge is 2.28. The molecule has 1 heterocycles. The maximum Gasteiger partial charge on any atom is 0.246 e. The number of aromatic amines is 1. The van der Waals surface area contributed by atoms with Crippen LogP contribution in [0.2, 0.25) is 0 Å². The van der Waals surface area contributed by atoms with E-state index in [-0.39, 0.29) is 23.7 Å². The van der Waals surface area contributed by atoms with Crippen molar-refractivity contribution in [2.75, 3.05) is 13.1 Å². The van der Waals surface area contributed by atoms with Gasteiger partial charge in [-0.3, -0.25) is 10.5 Å². The molecular weight excluding hydrogens is 254 g/mol. The Hall–Kier alpha value is -1.41. The molecule has 102 valence electrons. The molecule has 1 aromatic heterocycles. The first-order chi connectivity index (χ1) is 8.30. The monoisotopic (exact) mass is 273 g/mol. The maximum absolute atomic E-state index is 12.4. The Morgan fingerprint density at radius 1 is 1.50 bits per heavy atom. The van der Waals surface area contributed by atoms with Crippen molar-refractivity contribution >= 4 is 15.9 Å². The molecule has 0 unspecified atom stereocenters. The van der Waals surface area contributed by atoms with E-state index in [4.69, 9.17) is 11.1 Å². The Morgan fingerprint density at radius 2 is 2.11 bits per heavy atom. The number of hydrogen-bond acceptors (Lipinski definition) is 4. The molecule has 0 amide bonds. The predicted molar refractivity (Wildman–Crippen MR) is 69.0 cm³/mol. The molecule has 0 fully saturated rings. The molecule has 0 bridgehead atoms. The third kappa shape index (κ3) is 2.88. The molecule has 0 aliphatic heterocycles. The van der Waals surface area contributed by atoms with E-state index >= 15 is 0 Å². The molecule has 0 atom stereocenters. The molecule has 0 spiro atoms. The average molecular weight is 273 g/mol. The summed E-state index contributed by atoms with van der Waals surface area (Å²) in [5, 5.41) is 13.7. The van der Waals surface area contributed by atoms with Crippen LogP contribution in [0.1, 0.15) is 24.7 Å². The lowest BCUT2D eigenvalue weighted by molar-refractivity contribution is 0.436. The van der Waals surface area contributed by atoms with Crippen molar-refractivity contribution in [1.29, 1.82) is 5.41 Å². The van der Waals surface area contributed by atoms with Crippen molar-refractivity contribution < 1.29 is 8.42 Å². The molecule has 0 saturated carbocycles. The van der Waals surface area contributed by atoms with Crippen molar-refractivity contribution in [3.05, 3.63) is 11.4 Å². The highest BCUT2D eigenvalue weighted by Crippen LogP contribution is 2.21. The van der Waals surface area contributed by atoms with Gasteiger partial charge in [-0.15, -0.1) is 0 Å². The quantitative estimate of drug-likeness (QED) is 0.512. The molecule has 0 aliphatic carbocycles. The Labute approximate surface area is 107 Å². The van der Waals surface area contributed by atoms with Crippen LogP contribution in [0.5, 0.6) is 0 Å². The first kappa shape index (κ1) is 14.7. The Kier molecular flexibility index (Phi) is 4.47. The molecule has 18 heavy (non-hydrogen) atoms. The highest BCUT2D eigenvalue weighted by atomic mass is 32.2. The van der Waals surface area contributed by atoms with Crippen molar-refractivity contribution in [3.8, 4) is 0 Å². The van der Waals surface area contributed by atoms with Crippen LogP contribution in [0.4, 0.5) is 0 Å². The number of nitrogens with one attached hydrogen (secondary N) is 2. The van der Waals surface area contributed by atoms with E-state index in [1.807, 2.05) is 0 Å². The summed E-state index contributed by atoms with van der Waals surface area (Å²) in [6.07, 6.45) is 0.225. The molecule has 8 heteroatoms. The van der Waals surface area contributed by atoms with Crippen LogP contribution in [0.25, 0.3) is 0 Å². The van der Waals surface area contributed by atoms with Gasteiger partial charge >= 0.3 is 0 Å². The van der Waals surface area contributed by atoms with Crippen LogP contribution < -0.4 is 5.73 Å². The number of rotatable bonds is 6. The van der Waals surface area contributed by atoms with E-state index in [1.165, 1.54) is 4.31 Å². The molecule has 1 aromatic rings. The highest BCUT2D eigenvalue weighted by molar-refractivity contribution is 7.89. The lowest BCUT2D eigenvalue weighted by Crippen LogP contribution is -2.34. The molecule has 0 aliphatic rings. The van der Waals surface area contributed by atoms with Crippen LogP contribution in [-0.4, -0.2) is 41.8 Å². The number of sulfonamides is 1. The molecule has 0 aromatic carbocycles. The molecule has 7 nitrogen and oxygen atoms in total. The van der Waals surface area contributed by atoms with Crippen molar-refractivity contribution in [2.45, 2.75) is 32.1 Å². The van der Waals surface area contributed by atoms with Gasteiger partial charge in [0.2, 0.25) is 10.0 Å². The van der Waals surface area contributed by atoms with Gasteiger partial charge in [-0.1, -0.05) is 6.92 Å². The zero-order valence-electron chi connectivity index (χ0n) is 10.8. The van der Waals surface area contributed by atoms with Crippen molar-refractivity contribution in [2.24, 2.45) is 5.73 Å². The summed E-state index contributed by atoms with van der Waals surface area (Å²) in [6, 6.07) is 0. The Morgan fingerprint density at radius 3 is 2.50 bits per heavy atom. The fraction of sp³-hybridized carbons (Fsp3) is 0.600. The van der Waals surface area contributed by atoms with Crippen LogP contribution >= 0.6 is 0 Å². The topological polar surface area (TPSA) is 116 Å². The molecule has 0 radical (unpaired) electrons. The van der Waals surface area contributed by atoms with Gasteiger partial charge < -0.3 is 5.73 Å². The van der Waals surface area contributed by atoms with Gasteiger partial charge in [0.25, 0.3) is 0 Å². The van der Waals surface area contributed by atoms with E-state index in [9.17, 15) is 8.42 Å². The maximum atomic E-state index is 12.4. The number of amidine groups is 1. The van der Waals surface area contributed by atoms with Gasteiger partial charge in [0.15, 0.2) is 0 Å². The minimum absolute atomic E-state index is 0.0238. The number of hydrogen-bond donors (Lipinski definition) is 3. The Balaban J connectivity index is 3.07. The minimum atomic E-state index is -3.58. The van der Waals surface area contributed by atoms with Gasteiger partial charge in [0, 0.05) is 19.5 Å². The normalized spacial score (nSPS) is 12.0. The SMILES string of the molecule is CCN(CCC(=N)N)S(=O)(=O)c1c(C)n[nH]c1C. The smallest absolute Gasteiger partial charge is 0.246 e. The summed E-state index contributed by atoms with van der Waals surface area (Å²) in [6.45, 7) is 5.61. The number of nitrogens with two attached hydrogens (primary N) is 1. The molecule has 0 saturated heterocycles. The van der Waals surface area contributed by atoms with E-state index in [0.29, 0.717) is 17.9 Å². The van der Waals surface area contributed by atoms with Gasteiger partial charge in [-0.2, -0.15) is 9.40 Å². The summed E-state index contributed by atoms with van der Waals surface area (Å²) < 4.78 is 26.2. The Bertz CT molecular complexity index is 515. The molecule has 4 N–H and O–H groups in total. The molecular formula is C10H19N5O2S. The van der Waals surface area contributed by atoms with E-state index < -0.39 is 10.0 Å². The number of nitrogens with zero attached hydrogens (tertiary/aromatic N) is 2. The zero-order chi connectivity index (χ0) is 13.9. The van der Waals surface area contributed by atoms with Crippen LogP contribution in [0.3, 0.4) is 0 Å². The van der Waals surface area contributed by atoms with E-state index in [0.717, 1.165) is 0 Å². The fourth-order valence-electron chi connectivity index (χ4n) is 1.74. The second-order valence-corrected chi connectivity index (χ2v) is 5.91. The van der Waals surface area contributed by atoms with E-state index in [2.05, 4.69) is 10.2 Å². The van der Waals surface area contributed by atoms with Crippen LogP contribution in [-0.2, 0) is 10.0 Å². The minimum Gasteiger partial charge on any atom is -0.388 e. The largest absolute Gasteiger partial charge is 0.388 e. The van der Waals surface area contributed by atoms with E-state index in [1.54, 1.807) is 20.8 Å². The van der Waals surface area contributed by atoms with Crippen LogP contribution in [0, 0.1) is 19.3 Å². The number of aromatic nitrogens is 2. The number of aryl methyl sites for hydroxylation is 2. The summed E-state index contributed by atoms with van der Waals surface area (Å²) in [5.41, 5.74) is 6.24. The summed E-state index contributed by atoms with van der Waals surface area (Å²) in [5.74, 6) is -0.0238. The second kappa shape index (κ2) is 5.49. The van der Waals surface area contributed by atoms with Gasteiger partial charge in [0.05, 0.1) is 17.2 Å². The summed E-state index contributed by atoms with van der Waals surface area (Å²) in [7, 11) is -3.58. The summed E-state index contributed by atoms with van der Waals surface area (Å²) >= 11 is 0. The standard InChI is InChI=1S/C10H19N5O2S/c1-4-15(6-5-9(11)12)18(16,17)10-7(2)13-14-8(10)3/h4-6H2,1-3H3,(H3,11,12)(H,13,14). The lowest BCUT2D eigenvalue weighted by atomic mass is 10.4.